The highest BCUT2D eigenvalue weighted by Crippen LogP contribution is 2.28. The van der Waals surface area contributed by atoms with Crippen molar-refractivity contribution in [2.24, 2.45) is 0 Å². The molecule has 1 atom stereocenters. The van der Waals surface area contributed by atoms with Gasteiger partial charge in [-0.25, -0.2) is 13.1 Å². The topological polar surface area (TPSA) is 55.4 Å². The van der Waals surface area contributed by atoms with Crippen molar-refractivity contribution in [1.82, 2.24) is 4.72 Å². The molecule has 122 valence electrons. The maximum absolute atomic E-state index is 12.6. The fourth-order valence-corrected chi connectivity index (χ4v) is 4.63. The van der Waals surface area contributed by atoms with Crippen molar-refractivity contribution >= 4 is 26.0 Å². The molecule has 1 aliphatic heterocycles. The Hall–Kier alpha value is -1.37. The predicted octanol–water partition coefficient (Wildman–Crippen LogP) is 3.35. The number of nitrogens with one attached hydrogen (secondary N) is 1. The second kappa shape index (κ2) is 6.26. The number of sulfonamides is 1. The van der Waals surface area contributed by atoms with E-state index in [0.717, 1.165) is 26.9 Å². The fraction of sp³-hybridized carbons (Fsp3) is 0.294. The maximum atomic E-state index is 12.6. The molecule has 2 aromatic carbocycles. The number of halogens is 1. The van der Waals surface area contributed by atoms with E-state index in [1.165, 1.54) is 0 Å². The molecule has 2 aromatic rings. The molecule has 0 spiro atoms. The van der Waals surface area contributed by atoms with Crippen LogP contribution >= 0.6 is 15.9 Å². The van der Waals surface area contributed by atoms with E-state index in [-0.39, 0.29) is 6.04 Å². The third-order valence-corrected chi connectivity index (χ3v) is 5.75. The first-order valence-corrected chi connectivity index (χ1v) is 9.63. The second-order valence-corrected chi connectivity index (χ2v) is 8.54. The van der Waals surface area contributed by atoms with Crippen LogP contribution in [-0.4, -0.2) is 21.1 Å². The number of benzene rings is 2. The van der Waals surface area contributed by atoms with Crippen molar-refractivity contribution in [1.29, 1.82) is 0 Å². The molecule has 0 saturated heterocycles. The first kappa shape index (κ1) is 16.5. The Morgan fingerprint density at radius 3 is 2.52 bits per heavy atom. The summed E-state index contributed by atoms with van der Waals surface area (Å²) < 4.78 is 34.6. The molecule has 23 heavy (non-hydrogen) atoms. The number of aryl methyl sites for hydroxylation is 2. The summed E-state index contributed by atoms with van der Waals surface area (Å²) in [5.74, 6) is 0.815. The van der Waals surface area contributed by atoms with E-state index in [1.54, 1.807) is 12.1 Å². The zero-order valence-corrected chi connectivity index (χ0v) is 15.4. The molecule has 0 saturated carbocycles. The van der Waals surface area contributed by atoms with E-state index < -0.39 is 10.0 Å². The lowest BCUT2D eigenvalue weighted by Gasteiger charge is -2.26. The third kappa shape index (κ3) is 3.76. The van der Waals surface area contributed by atoms with Gasteiger partial charge in [0.1, 0.15) is 12.4 Å². The van der Waals surface area contributed by atoms with Crippen LogP contribution in [0.2, 0.25) is 0 Å². The van der Waals surface area contributed by atoms with Gasteiger partial charge in [0, 0.05) is 4.47 Å². The van der Waals surface area contributed by atoms with Gasteiger partial charge in [0.25, 0.3) is 0 Å². The molecular formula is C17H18BrNO3S. The molecule has 3 rings (SSSR count). The van der Waals surface area contributed by atoms with Gasteiger partial charge in [0.05, 0.1) is 10.9 Å². The van der Waals surface area contributed by atoms with Gasteiger partial charge in [-0.1, -0.05) is 22.0 Å². The Kier molecular flexibility index (Phi) is 4.49. The summed E-state index contributed by atoms with van der Waals surface area (Å²) >= 11 is 3.43. The van der Waals surface area contributed by atoms with Crippen molar-refractivity contribution in [3.63, 3.8) is 0 Å². The van der Waals surface area contributed by atoms with Crippen LogP contribution in [0.3, 0.4) is 0 Å². The molecule has 0 amide bonds. The quantitative estimate of drug-likeness (QED) is 0.866. The first-order chi connectivity index (χ1) is 10.8. The van der Waals surface area contributed by atoms with Crippen molar-refractivity contribution < 1.29 is 13.2 Å². The van der Waals surface area contributed by atoms with Gasteiger partial charge >= 0.3 is 0 Å². The molecule has 0 unspecified atom stereocenters. The largest absolute Gasteiger partial charge is 0.492 e. The summed E-state index contributed by atoms with van der Waals surface area (Å²) in [5, 5.41) is 0. The van der Waals surface area contributed by atoms with E-state index in [2.05, 4.69) is 20.7 Å². The van der Waals surface area contributed by atoms with Crippen LogP contribution in [0.25, 0.3) is 0 Å². The number of rotatable bonds is 3. The summed E-state index contributed by atoms with van der Waals surface area (Å²) in [6, 6.07) is 10.8. The molecule has 1 heterocycles. The minimum atomic E-state index is -3.56. The first-order valence-electron chi connectivity index (χ1n) is 7.35. The summed E-state index contributed by atoms with van der Waals surface area (Å²) in [6.45, 7) is 4.12. The minimum Gasteiger partial charge on any atom is -0.492 e. The lowest BCUT2D eigenvalue weighted by molar-refractivity contribution is 0.254. The van der Waals surface area contributed by atoms with Crippen LogP contribution in [0.15, 0.2) is 45.8 Å². The van der Waals surface area contributed by atoms with Crippen molar-refractivity contribution in [2.75, 3.05) is 6.61 Å². The SMILES string of the molecule is Cc1cc(C)cc(S(=O)(=O)N[C@H]2COc3ccc(Br)cc3C2)c1. The molecule has 0 radical (unpaired) electrons. The molecule has 1 N–H and O–H groups in total. The van der Waals surface area contributed by atoms with E-state index >= 15 is 0 Å². The highest BCUT2D eigenvalue weighted by atomic mass is 79.9. The van der Waals surface area contributed by atoms with Gasteiger partial charge in [-0.15, -0.1) is 0 Å². The standard InChI is InChI=1S/C17H18BrNO3S/c1-11-5-12(2)7-16(6-11)23(20,21)19-15-9-13-8-14(18)3-4-17(13)22-10-15/h3-8,15,19H,9-10H2,1-2H3/t15-/m1/s1. The molecule has 6 heteroatoms. The zero-order valence-electron chi connectivity index (χ0n) is 13.0. The van der Waals surface area contributed by atoms with E-state index in [1.807, 2.05) is 38.1 Å². The van der Waals surface area contributed by atoms with Crippen LogP contribution < -0.4 is 9.46 Å². The van der Waals surface area contributed by atoms with Gasteiger partial charge in [0.15, 0.2) is 0 Å². The lowest BCUT2D eigenvalue weighted by Crippen LogP contribution is -2.42. The summed E-state index contributed by atoms with van der Waals surface area (Å²) in [5.41, 5.74) is 2.86. The van der Waals surface area contributed by atoms with E-state index in [0.29, 0.717) is 17.9 Å². The Morgan fingerprint density at radius 1 is 1.13 bits per heavy atom. The molecule has 4 nitrogen and oxygen atoms in total. The molecule has 0 aliphatic carbocycles. The van der Waals surface area contributed by atoms with E-state index in [4.69, 9.17) is 4.74 Å². The van der Waals surface area contributed by atoms with Crippen LogP contribution in [-0.2, 0) is 16.4 Å². The van der Waals surface area contributed by atoms with Gasteiger partial charge in [0.2, 0.25) is 10.0 Å². The summed E-state index contributed by atoms with van der Waals surface area (Å²) in [6.07, 6.45) is 0.610. The number of ether oxygens (including phenoxy) is 1. The van der Waals surface area contributed by atoms with Crippen LogP contribution in [0.1, 0.15) is 16.7 Å². The zero-order chi connectivity index (χ0) is 16.6. The maximum Gasteiger partial charge on any atom is 0.240 e. The Morgan fingerprint density at radius 2 is 1.83 bits per heavy atom. The van der Waals surface area contributed by atoms with Crippen molar-refractivity contribution in [2.45, 2.75) is 31.2 Å². The fourth-order valence-electron chi connectivity index (χ4n) is 2.81. The average molecular weight is 396 g/mol. The van der Waals surface area contributed by atoms with Gasteiger partial charge < -0.3 is 4.74 Å². The number of fused-ring (bicyclic) bond motifs is 1. The Bertz CT molecular complexity index is 829. The van der Waals surface area contributed by atoms with Crippen LogP contribution in [0, 0.1) is 13.8 Å². The average Bonchev–Trinajstić information content (AvgIpc) is 2.45. The molecule has 1 aliphatic rings. The van der Waals surface area contributed by atoms with Crippen LogP contribution in [0.4, 0.5) is 0 Å². The summed E-state index contributed by atoms with van der Waals surface area (Å²) in [4.78, 5) is 0.301. The lowest BCUT2D eigenvalue weighted by atomic mass is 10.0. The normalized spacial score (nSPS) is 17.4. The third-order valence-electron chi connectivity index (χ3n) is 3.76. The van der Waals surface area contributed by atoms with Crippen molar-refractivity contribution in [3.8, 4) is 5.75 Å². The Labute approximate surface area is 145 Å². The van der Waals surface area contributed by atoms with Crippen LogP contribution in [0.5, 0.6) is 5.75 Å². The predicted molar refractivity (Wildman–Crippen MR) is 93.4 cm³/mol. The molecular weight excluding hydrogens is 378 g/mol. The molecule has 0 fully saturated rings. The van der Waals surface area contributed by atoms with Crippen molar-refractivity contribution in [3.05, 3.63) is 57.6 Å². The highest BCUT2D eigenvalue weighted by molar-refractivity contribution is 9.10. The summed E-state index contributed by atoms with van der Waals surface area (Å²) in [7, 11) is -3.56. The minimum absolute atomic E-state index is 0.275. The van der Waals surface area contributed by atoms with Gasteiger partial charge in [-0.2, -0.15) is 0 Å². The second-order valence-electron chi connectivity index (χ2n) is 5.91. The smallest absolute Gasteiger partial charge is 0.240 e. The number of hydrogen-bond donors (Lipinski definition) is 1. The monoisotopic (exact) mass is 395 g/mol. The van der Waals surface area contributed by atoms with E-state index in [9.17, 15) is 8.42 Å². The Balaban J connectivity index is 1.81. The molecule has 0 aromatic heterocycles. The van der Waals surface area contributed by atoms with Gasteiger partial charge in [-0.05, 0) is 67.3 Å². The molecule has 0 bridgehead atoms. The van der Waals surface area contributed by atoms with Gasteiger partial charge in [-0.3, -0.25) is 0 Å². The highest BCUT2D eigenvalue weighted by Gasteiger charge is 2.25. The number of hydrogen-bond acceptors (Lipinski definition) is 3.